The maximum Gasteiger partial charge on any atom is 0.306 e. The molecule has 0 saturated heterocycles. The van der Waals surface area contributed by atoms with E-state index in [0.29, 0.717) is 45.8 Å². The molecule has 11 atom stereocenters. The smallest absolute Gasteiger partial charge is 0.306 e. The van der Waals surface area contributed by atoms with Gasteiger partial charge in [0.25, 0.3) is 0 Å². The van der Waals surface area contributed by atoms with Crippen molar-refractivity contribution in [2.45, 2.75) is 134 Å². The number of hydrogen-bond donors (Lipinski definition) is 0. The van der Waals surface area contributed by atoms with E-state index in [9.17, 15) is 4.79 Å². The molecular formula is C35H58O2. The van der Waals surface area contributed by atoms with Crippen LogP contribution < -0.4 is 0 Å². The molecule has 9 rings (SSSR count). The van der Waals surface area contributed by atoms with Gasteiger partial charge in [0.1, 0.15) is 6.10 Å². The average Bonchev–Trinajstić information content (AvgIpc) is 2.78. The van der Waals surface area contributed by atoms with Crippen LogP contribution in [0.25, 0.3) is 0 Å². The van der Waals surface area contributed by atoms with Crippen molar-refractivity contribution in [2.24, 2.45) is 79.8 Å². The van der Waals surface area contributed by atoms with E-state index in [1.165, 1.54) is 38.5 Å². The van der Waals surface area contributed by atoms with Crippen LogP contribution >= 0.6 is 0 Å². The SMILES string of the molecule is CC(C)CC(=O)OC1CC2CC(C2(C)C)C1(C)C1(C)C2CC(CC1C1(C)CCC3CC1C3(C)C)C2(C)C. The molecular weight excluding hydrogens is 452 g/mol. The van der Waals surface area contributed by atoms with Gasteiger partial charge in [-0.25, -0.2) is 0 Å². The van der Waals surface area contributed by atoms with Crippen LogP contribution in [0.5, 0.6) is 0 Å². The van der Waals surface area contributed by atoms with Crippen molar-refractivity contribution in [3.05, 3.63) is 0 Å². The zero-order valence-electron chi connectivity index (χ0n) is 26.2. The largest absolute Gasteiger partial charge is 0.462 e. The fourth-order valence-electron chi connectivity index (χ4n) is 13.2. The number of rotatable bonds is 5. The number of esters is 1. The van der Waals surface area contributed by atoms with E-state index < -0.39 is 0 Å². The van der Waals surface area contributed by atoms with E-state index >= 15 is 0 Å². The van der Waals surface area contributed by atoms with Crippen molar-refractivity contribution >= 4 is 5.97 Å². The fraction of sp³-hybridized carbons (Fsp3) is 0.971. The highest BCUT2D eigenvalue weighted by molar-refractivity contribution is 5.70. The Kier molecular flexibility index (Phi) is 5.48. The third-order valence-electron chi connectivity index (χ3n) is 15.9. The van der Waals surface area contributed by atoms with Gasteiger partial charge in [-0.2, -0.15) is 0 Å². The minimum Gasteiger partial charge on any atom is -0.462 e. The molecule has 11 unspecified atom stereocenters. The quantitative estimate of drug-likeness (QED) is 0.345. The number of ether oxygens (including phenoxy) is 1. The summed E-state index contributed by atoms with van der Waals surface area (Å²) in [6, 6.07) is 0. The number of carbonyl (C=O) groups excluding carboxylic acids is 1. The van der Waals surface area contributed by atoms with Gasteiger partial charge in [-0.3, -0.25) is 4.79 Å². The van der Waals surface area contributed by atoms with Gasteiger partial charge in [0.2, 0.25) is 0 Å². The van der Waals surface area contributed by atoms with E-state index in [4.69, 9.17) is 4.74 Å². The first-order valence-electron chi connectivity index (χ1n) is 16.1. The minimum absolute atomic E-state index is 0.0314. The molecule has 0 aromatic carbocycles. The summed E-state index contributed by atoms with van der Waals surface area (Å²) in [7, 11) is 0. The Morgan fingerprint density at radius 2 is 1.16 bits per heavy atom. The molecule has 2 heteroatoms. The summed E-state index contributed by atoms with van der Waals surface area (Å²) in [5.41, 5.74) is 1.86. The Labute approximate surface area is 228 Å². The lowest BCUT2D eigenvalue weighted by Crippen LogP contribution is -2.77. The van der Waals surface area contributed by atoms with Gasteiger partial charge in [0, 0.05) is 11.8 Å². The lowest BCUT2D eigenvalue weighted by Gasteiger charge is -2.81. The van der Waals surface area contributed by atoms with E-state index in [1.54, 1.807) is 0 Å². The standard InChI is InChI=1S/C35H58O2/c1-20(2)14-29(36)37-28-19-23-17-26(32(23,7)8)35(28,11)34(10)25-16-22(31(25,5)6)18-27(34)33(9)13-12-21-15-24(33)30(21,3)4/h20-28H,12-19H2,1-11H3. The Balaban J connectivity index is 1.47. The number of carbonyl (C=O) groups is 1. The third-order valence-corrected chi connectivity index (χ3v) is 15.9. The first-order valence-corrected chi connectivity index (χ1v) is 16.1. The monoisotopic (exact) mass is 510 g/mol. The molecule has 0 heterocycles. The van der Waals surface area contributed by atoms with E-state index in [1.807, 2.05) is 0 Å². The summed E-state index contributed by atoms with van der Waals surface area (Å²) >= 11 is 0. The van der Waals surface area contributed by atoms with Crippen molar-refractivity contribution < 1.29 is 9.53 Å². The Bertz CT molecular complexity index is 972. The summed E-state index contributed by atoms with van der Waals surface area (Å²) in [4.78, 5) is 13.3. The van der Waals surface area contributed by atoms with Gasteiger partial charge >= 0.3 is 5.97 Å². The van der Waals surface area contributed by atoms with Gasteiger partial charge in [0.05, 0.1) is 0 Å². The highest BCUT2D eigenvalue weighted by Gasteiger charge is 2.79. The zero-order chi connectivity index (χ0) is 27.1. The second-order valence-electron chi connectivity index (χ2n) is 18.1. The summed E-state index contributed by atoms with van der Waals surface area (Å²) < 4.78 is 6.67. The number of hydrogen-bond acceptors (Lipinski definition) is 2. The molecule has 0 aromatic heterocycles. The molecule has 0 aromatic rings. The van der Waals surface area contributed by atoms with Crippen molar-refractivity contribution in [1.29, 1.82) is 0 Å². The van der Waals surface area contributed by atoms with Crippen LogP contribution in [0.1, 0.15) is 128 Å². The Morgan fingerprint density at radius 3 is 1.68 bits per heavy atom. The minimum atomic E-state index is 0.0314. The molecule has 0 spiro atoms. The van der Waals surface area contributed by atoms with Crippen LogP contribution in [0, 0.1) is 79.8 Å². The van der Waals surface area contributed by atoms with Crippen molar-refractivity contribution in [3.63, 3.8) is 0 Å². The molecule has 0 radical (unpaired) electrons. The first kappa shape index (κ1) is 26.7. The summed E-state index contributed by atoms with van der Waals surface area (Å²) in [6.07, 6.45) is 10.1. The molecule has 0 amide bonds. The second-order valence-corrected chi connectivity index (χ2v) is 18.1. The van der Waals surface area contributed by atoms with Crippen molar-refractivity contribution in [3.8, 4) is 0 Å². The van der Waals surface area contributed by atoms with E-state index in [-0.39, 0.29) is 22.9 Å². The molecule has 9 saturated carbocycles. The molecule has 210 valence electrons. The summed E-state index contributed by atoms with van der Waals surface area (Å²) in [5, 5.41) is 0. The lowest BCUT2D eigenvalue weighted by atomic mass is 9.23. The molecule has 9 fully saturated rings. The molecule has 37 heavy (non-hydrogen) atoms. The van der Waals surface area contributed by atoms with Gasteiger partial charge in [0.15, 0.2) is 0 Å². The maximum absolute atomic E-state index is 13.3. The van der Waals surface area contributed by atoms with Crippen molar-refractivity contribution in [1.82, 2.24) is 0 Å². The third kappa shape index (κ3) is 3.03. The first-order chi connectivity index (χ1) is 16.9. The zero-order valence-corrected chi connectivity index (χ0v) is 26.2. The van der Waals surface area contributed by atoms with Gasteiger partial charge in [-0.15, -0.1) is 0 Å². The molecule has 2 nitrogen and oxygen atoms in total. The van der Waals surface area contributed by atoms with E-state index in [2.05, 4.69) is 76.2 Å². The average molecular weight is 511 g/mol. The Morgan fingerprint density at radius 1 is 0.676 bits per heavy atom. The summed E-state index contributed by atoms with van der Waals surface area (Å²) in [6.45, 7) is 27.9. The van der Waals surface area contributed by atoms with E-state index in [0.717, 1.165) is 36.0 Å². The molecule has 6 bridgehead atoms. The lowest BCUT2D eigenvalue weighted by molar-refractivity contribution is -0.346. The highest BCUT2D eigenvalue weighted by atomic mass is 16.5. The maximum atomic E-state index is 13.3. The predicted octanol–water partition coefficient (Wildman–Crippen LogP) is 9.17. The summed E-state index contributed by atoms with van der Waals surface area (Å²) in [5.74, 6) is 5.86. The van der Waals surface area contributed by atoms with Crippen LogP contribution in [0.15, 0.2) is 0 Å². The van der Waals surface area contributed by atoms with Gasteiger partial charge in [-0.05, 0) is 119 Å². The molecule has 0 N–H and O–H groups in total. The van der Waals surface area contributed by atoms with Gasteiger partial charge in [-0.1, -0.05) is 76.2 Å². The predicted molar refractivity (Wildman–Crippen MR) is 152 cm³/mol. The fourth-order valence-corrected chi connectivity index (χ4v) is 13.2. The Hall–Kier alpha value is -0.530. The molecule has 9 aliphatic carbocycles. The normalized spacial score (nSPS) is 53.9. The van der Waals surface area contributed by atoms with Crippen LogP contribution in [-0.4, -0.2) is 12.1 Å². The molecule has 0 aliphatic heterocycles. The van der Waals surface area contributed by atoms with Gasteiger partial charge < -0.3 is 4.74 Å². The number of fused-ring (bicyclic) bond motifs is 8. The molecule has 9 aliphatic rings. The van der Waals surface area contributed by atoms with Crippen LogP contribution in [-0.2, 0) is 9.53 Å². The van der Waals surface area contributed by atoms with Crippen LogP contribution in [0.3, 0.4) is 0 Å². The topological polar surface area (TPSA) is 26.3 Å². The van der Waals surface area contributed by atoms with Crippen LogP contribution in [0.4, 0.5) is 0 Å². The van der Waals surface area contributed by atoms with Crippen LogP contribution in [0.2, 0.25) is 0 Å². The van der Waals surface area contributed by atoms with Crippen molar-refractivity contribution in [2.75, 3.05) is 0 Å². The highest BCUT2D eigenvalue weighted by Crippen LogP contribution is 2.83. The second kappa shape index (κ2) is 7.60.